The number of nitrogens with one attached hydrogen (secondary N) is 1. The summed E-state index contributed by atoms with van der Waals surface area (Å²) in [6, 6.07) is 8.18. The molecule has 5 heteroatoms. The Kier molecular flexibility index (Phi) is 3.48. The quantitative estimate of drug-likeness (QED) is 0.864. The van der Waals surface area contributed by atoms with E-state index in [2.05, 4.69) is 5.32 Å². The van der Waals surface area contributed by atoms with Crippen LogP contribution in [0.25, 0.3) is 0 Å². The number of amides is 1. The van der Waals surface area contributed by atoms with Crippen LogP contribution in [-0.4, -0.2) is 11.7 Å². The van der Waals surface area contributed by atoms with Crippen molar-refractivity contribution in [3.05, 3.63) is 52.9 Å². The zero-order valence-electron chi connectivity index (χ0n) is 9.57. The van der Waals surface area contributed by atoms with E-state index >= 15 is 0 Å². The van der Waals surface area contributed by atoms with E-state index in [4.69, 9.17) is 16.0 Å². The third kappa shape index (κ3) is 2.60. The molecule has 0 radical (unpaired) electrons. The van der Waals surface area contributed by atoms with E-state index in [-0.39, 0.29) is 17.5 Å². The van der Waals surface area contributed by atoms with Crippen LogP contribution in [0.1, 0.15) is 27.8 Å². The fraction of sp³-hybridized carbons (Fsp3) is 0.0769. The molecule has 2 aromatic rings. The van der Waals surface area contributed by atoms with E-state index in [9.17, 15) is 9.59 Å². The summed E-state index contributed by atoms with van der Waals surface area (Å²) in [5, 5.41) is 2.97. The van der Waals surface area contributed by atoms with Gasteiger partial charge in [0.25, 0.3) is 5.91 Å². The molecule has 2 rings (SSSR count). The lowest BCUT2D eigenvalue weighted by atomic mass is 10.2. The highest BCUT2D eigenvalue weighted by atomic mass is 35.5. The molecule has 0 spiro atoms. The second-order valence-corrected chi connectivity index (χ2v) is 4.10. The van der Waals surface area contributed by atoms with Crippen LogP contribution in [0.3, 0.4) is 0 Å². The number of furan rings is 1. The predicted octanol–water partition coefficient (Wildman–Crippen LogP) is 3.39. The maximum absolute atomic E-state index is 11.9. The fourth-order valence-electron chi connectivity index (χ4n) is 1.43. The molecule has 0 saturated carbocycles. The number of hydrogen-bond donors (Lipinski definition) is 1. The molecule has 1 amide bonds. The van der Waals surface area contributed by atoms with E-state index in [1.165, 1.54) is 19.3 Å². The number of halogens is 1. The lowest BCUT2D eigenvalue weighted by molar-refractivity contribution is 0.0985. The molecule has 0 unspecified atom stereocenters. The lowest BCUT2D eigenvalue weighted by Gasteiger charge is -2.03. The van der Waals surface area contributed by atoms with E-state index in [0.717, 1.165) is 0 Å². The first kappa shape index (κ1) is 12.4. The molecular formula is C13H10ClNO3. The van der Waals surface area contributed by atoms with E-state index in [1.807, 2.05) is 0 Å². The minimum Gasteiger partial charge on any atom is -0.459 e. The maximum atomic E-state index is 11.9. The first-order valence-corrected chi connectivity index (χ1v) is 5.61. The van der Waals surface area contributed by atoms with Gasteiger partial charge in [-0.15, -0.1) is 0 Å². The number of benzene rings is 1. The molecule has 1 aromatic heterocycles. The van der Waals surface area contributed by atoms with Crippen LogP contribution in [0, 0.1) is 0 Å². The Labute approximate surface area is 109 Å². The Bertz CT molecular complexity index is 604. The molecule has 0 aliphatic carbocycles. The molecule has 1 heterocycles. The molecule has 1 N–H and O–H groups in total. The summed E-state index contributed by atoms with van der Waals surface area (Å²) >= 11 is 5.90. The Hall–Kier alpha value is -2.07. The number of ketones is 1. The number of Topliss-reactive ketones (excluding diaryl/α,β-unsaturated/α-hetero) is 1. The van der Waals surface area contributed by atoms with Gasteiger partial charge in [0.05, 0.1) is 16.3 Å². The molecule has 0 aliphatic heterocycles. The summed E-state index contributed by atoms with van der Waals surface area (Å²) in [5.41, 5.74) is 0.787. The Morgan fingerprint density at radius 2 is 2.00 bits per heavy atom. The van der Waals surface area contributed by atoms with Crippen LogP contribution >= 0.6 is 11.6 Å². The van der Waals surface area contributed by atoms with Gasteiger partial charge in [-0.25, -0.2) is 0 Å². The van der Waals surface area contributed by atoms with Crippen LogP contribution < -0.4 is 5.32 Å². The molecule has 92 valence electrons. The lowest BCUT2D eigenvalue weighted by Crippen LogP contribution is -2.11. The van der Waals surface area contributed by atoms with Crippen molar-refractivity contribution >= 4 is 29.0 Å². The molecule has 0 atom stereocenters. The molecule has 0 bridgehead atoms. The number of anilines is 1. The minimum atomic E-state index is -0.350. The number of rotatable bonds is 3. The maximum Gasteiger partial charge on any atom is 0.257 e. The first-order valence-electron chi connectivity index (χ1n) is 5.23. The van der Waals surface area contributed by atoms with Crippen LogP contribution in [0.2, 0.25) is 5.02 Å². The monoisotopic (exact) mass is 263 g/mol. The van der Waals surface area contributed by atoms with Crippen molar-refractivity contribution in [3.63, 3.8) is 0 Å². The van der Waals surface area contributed by atoms with Crippen LogP contribution in [-0.2, 0) is 0 Å². The molecule has 4 nitrogen and oxygen atoms in total. The SMILES string of the molecule is CC(=O)c1cc(NC(=O)c2ccccc2Cl)co1. The van der Waals surface area contributed by atoms with Crippen molar-refractivity contribution in [2.75, 3.05) is 5.32 Å². The Morgan fingerprint density at radius 3 is 2.61 bits per heavy atom. The molecule has 0 saturated heterocycles. The normalized spacial score (nSPS) is 10.1. The van der Waals surface area contributed by atoms with Crippen molar-refractivity contribution in [3.8, 4) is 0 Å². The Balaban J connectivity index is 2.16. The average Bonchev–Trinajstić information content (AvgIpc) is 2.78. The summed E-state index contributed by atoms with van der Waals surface area (Å²) in [4.78, 5) is 22.9. The van der Waals surface area contributed by atoms with Crippen molar-refractivity contribution in [1.29, 1.82) is 0 Å². The summed E-state index contributed by atoms with van der Waals surface area (Å²) in [7, 11) is 0. The number of carbonyl (C=O) groups is 2. The zero-order chi connectivity index (χ0) is 13.1. The summed E-state index contributed by atoms with van der Waals surface area (Å²) < 4.78 is 5.00. The van der Waals surface area contributed by atoms with Gasteiger partial charge in [-0.3, -0.25) is 9.59 Å². The summed E-state index contributed by atoms with van der Waals surface area (Å²) in [6.45, 7) is 1.39. The van der Waals surface area contributed by atoms with Crippen LogP contribution in [0.5, 0.6) is 0 Å². The Morgan fingerprint density at radius 1 is 1.28 bits per heavy atom. The van der Waals surface area contributed by atoms with E-state index in [1.54, 1.807) is 24.3 Å². The van der Waals surface area contributed by atoms with Crippen LogP contribution in [0.15, 0.2) is 41.0 Å². The van der Waals surface area contributed by atoms with Crippen LogP contribution in [0.4, 0.5) is 5.69 Å². The molecule has 18 heavy (non-hydrogen) atoms. The van der Waals surface area contributed by atoms with Crippen molar-refractivity contribution < 1.29 is 14.0 Å². The van der Waals surface area contributed by atoms with Gasteiger partial charge in [-0.1, -0.05) is 23.7 Å². The second-order valence-electron chi connectivity index (χ2n) is 3.69. The third-order valence-electron chi connectivity index (χ3n) is 2.32. The fourth-order valence-corrected chi connectivity index (χ4v) is 1.65. The van der Waals surface area contributed by atoms with Gasteiger partial charge in [0.2, 0.25) is 0 Å². The topological polar surface area (TPSA) is 59.3 Å². The highest BCUT2D eigenvalue weighted by molar-refractivity contribution is 6.34. The largest absolute Gasteiger partial charge is 0.459 e. The minimum absolute atomic E-state index is 0.199. The van der Waals surface area contributed by atoms with Gasteiger partial charge in [0.15, 0.2) is 11.5 Å². The molecular weight excluding hydrogens is 254 g/mol. The summed E-state index contributed by atoms with van der Waals surface area (Å²) in [6.07, 6.45) is 1.31. The highest BCUT2D eigenvalue weighted by Gasteiger charge is 2.12. The molecule has 1 aromatic carbocycles. The van der Waals surface area contributed by atoms with E-state index < -0.39 is 0 Å². The average molecular weight is 264 g/mol. The smallest absolute Gasteiger partial charge is 0.257 e. The molecule has 0 fully saturated rings. The molecule has 0 aliphatic rings. The predicted molar refractivity (Wildman–Crippen MR) is 68.1 cm³/mol. The van der Waals surface area contributed by atoms with Crippen molar-refractivity contribution in [1.82, 2.24) is 0 Å². The summed E-state index contributed by atoms with van der Waals surface area (Å²) in [5.74, 6) is -0.353. The standard InChI is InChI=1S/C13H10ClNO3/c1-8(16)12-6-9(7-18-12)15-13(17)10-4-2-3-5-11(10)14/h2-7H,1H3,(H,15,17). The van der Waals surface area contributed by atoms with Crippen molar-refractivity contribution in [2.45, 2.75) is 6.92 Å². The van der Waals surface area contributed by atoms with Gasteiger partial charge < -0.3 is 9.73 Å². The highest BCUT2D eigenvalue weighted by Crippen LogP contribution is 2.18. The second kappa shape index (κ2) is 5.06. The van der Waals surface area contributed by atoms with E-state index in [0.29, 0.717) is 16.3 Å². The number of hydrogen-bond acceptors (Lipinski definition) is 3. The van der Waals surface area contributed by atoms with Crippen molar-refractivity contribution in [2.24, 2.45) is 0 Å². The van der Waals surface area contributed by atoms with Gasteiger partial charge in [-0.2, -0.15) is 0 Å². The third-order valence-corrected chi connectivity index (χ3v) is 2.65. The van der Waals surface area contributed by atoms with Gasteiger partial charge in [-0.05, 0) is 12.1 Å². The van der Waals surface area contributed by atoms with Gasteiger partial charge in [0, 0.05) is 13.0 Å². The van der Waals surface area contributed by atoms with Gasteiger partial charge in [0.1, 0.15) is 6.26 Å². The zero-order valence-corrected chi connectivity index (χ0v) is 10.3. The number of carbonyl (C=O) groups excluding carboxylic acids is 2. The van der Waals surface area contributed by atoms with Gasteiger partial charge >= 0.3 is 0 Å². The first-order chi connectivity index (χ1) is 8.58.